The Morgan fingerprint density at radius 3 is 2.61 bits per heavy atom. The summed E-state index contributed by atoms with van der Waals surface area (Å²) in [6.07, 6.45) is 1.89. The number of rotatable bonds is 3. The molecule has 160 valence electrons. The van der Waals surface area contributed by atoms with Gasteiger partial charge in [0.1, 0.15) is 0 Å². The molecule has 4 rings (SSSR count). The van der Waals surface area contributed by atoms with Crippen molar-refractivity contribution < 1.29 is 9.59 Å². The molecule has 1 fully saturated rings. The van der Waals surface area contributed by atoms with Crippen LogP contribution in [0, 0.1) is 11.3 Å². The van der Waals surface area contributed by atoms with Crippen LogP contribution in [0.5, 0.6) is 0 Å². The highest BCUT2D eigenvalue weighted by Crippen LogP contribution is 2.50. The Labute approximate surface area is 182 Å². The summed E-state index contributed by atoms with van der Waals surface area (Å²) < 4.78 is 0. The van der Waals surface area contributed by atoms with Crippen molar-refractivity contribution in [3.63, 3.8) is 0 Å². The van der Waals surface area contributed by atoms with Crippen molar-refractivity contribution in [2.24, 2.45) is 5.73 Å². The van der Waals surface area contributed by atoms with Gasteiger partial charge >= 0.3 is 6.03 Å². The van der Waals surface area contributed by atoms with Crippen molar-refractivity contribution in [3.05, 3.63) is 64.7 Å². The average molecular weight is 418 g/mol. The van der Waals surface area contributed by atoms with Gasteiger partial charge < -0.3 is 20.9 Å². The van der Waals surface area contributed by atoms with Gasteiger partial charge in [0.15, 0.2) is 0 Å². The molecule has 0 aromatic heterocycles. The van der Waals surface area contributed by atoms with Gasteiger partial charge in [0.05, 0.1) is 17.7 Å². The molecule has 3 N–H and O–H groups in total. The standard InChI is InChI=1S/C24H27N5O2/c1-24-10-11-28(2)20(13-24)21(18-9-6-16(22(26)30)12-19(18)24)29(3)23(31)27-17-7-4-15(14-25)5-8-17/h4-9,12,20-21H,10-11,13H2,1-3H3,(H2,26,30)(H,27,31). The second kappa shape index (κ2) is 7.71. The first kappa shape index (κ1) is 20.9. The monoisotopic (exact) mass is 417 g/mol. The molecular formula is C24H27N5O2. The number of hydrogen-bond donors (Lipinski definition) is 2. The Bertz CT molecular complexity index is 1070. The number of nitriles is 1. The number of urea groups is 1. The van der Waals surface area contributed by atoms with Crippen LogP contribution in [0.15, 0.2) is 42.5 Å². The topological polar surface area (TPSA) is 102 Å². The molecule has 1 heterocycles. The third-order valence-corrected chi connectivity index (χ3v) is 6.92. The SMILES string of the molecule is CN1CCC2(C)CC1C(N(C)C(=O)Nc1ccc(C#N)cc1)c1ccc(C(N)=O)cc12. The van der Waals surface area contributed by atoms with Gasteiger partial charge in [-0.05, 0) is 79.4 Å². The van der Waals surface area contributed by atoms with Crippen LogP contribution in [-0.2, 0) is 5.41 Å². The lowest BCUT2D eigenvalue weighted by Gasteiger charge is -2.54. The predicted octanol–water partition coefficient (Wildman–Crippen LogP) is 3.23. The Kier molecular flexibility index (Phi) is 5.19. The quantitative estimate of drug-likeness (QED) is 0.800. The number of likely N-dealkylation sites (N-methyl/N-ethyl adjacent to an activating group) is 2. The van der Waals surface area contributed by atoms with Gasteiger partial charge in [0.2, 0.25) is 5.91 Å². The summed E-state index contributed by atoms with van der Waals surface area (Å²) in [6, 6.07) is 14.3. The zero-order valence-corrected chi connectivity index (χ0v) is 18.1. The molecule has 1 aliphatic heterocycles. The van der Waals surface area contributed by atoms with Gasteiger partial charge in [-0.25, -0.2) is 4.79 Å². The van der Waals surface area contributed by atoms with Crippen molar-refractivity contribution in [3.8, 4) is 6.07 Å². The number of fused-ring (bicyclic) bond motifs is 4. The molecule has 0 spiro atoms. The van der Waals surface area contributed by atoms with Crippen molar-refractivity contribution in [1.29, 1.82) is 5.26 Å². The van der Waals surface area contributed by atoms with Crippen molar-refractivity contribution >= 4 is 17.6 Å². The van der Waals surface area contributed by atoms with Crippen LogP contribution < -0.4 is 11.1 Å². The lowest BCUT2D eigenvalue weighted by Crippen LogP contribution is -2.56. The lowest BCUT2D eigenvalue weighted by molar-refractivity contribution is 0.0494. The molecule has 0 radical (unpaired) electrons. The highest BCUT2D eigenvalue weighted by Gasteiger charge is 2.48. The number of amides is 3. The molecule has 2 aromatic rings. The molecule has 1 saturated heterocycles. The number of anilines is 1. The minimum absolute atomic E-state index is 0.0566. The Balaban J connectivity index is 1.69. The molecule has 7 nitrogen and oxygen atoms in total. The average Bonchev–Trinajstić information content (AvgIpc) is 2.76. The largest absolute Gasteiger partial charge is 0.366 e. The van der Waals surface area contributed by atoms with E-state index in [1.165, 1.54) is 0 Å². The van der Waals surface area contributed by atoms with Crippen molar-refractivity contribution in [2.45, 2.75) is 37.3 Å². The van der Waals surface area contributed by atoms with E-state index < -0.39 is 5.91 Å². The summed E-state index contributed by atoms with van der Waals surface area (Å²) in [5, 5.41) is 11.9. The van der Waals surface area contributed by atoms with E-state index in [4.69, 9.17) is 11.0 Å². The first-order chi connectivity index (χ1) is 14.7. The number of benzene rings is 2. The van der Waals surface area contributed by atoms with E-state index in [1.54, 1.807) is 42.3 Å². The molecule has 0 saturated carbocycles. The molecule has 2 bridgehead atoms. The van der Waals surface area contributed by atoms with E-state index in [0.29, 0.717) is 16.8 Å². The van der Waals surface area contributed by atoms with Crippen LogP contribution in [0.1, 0.15) is 52.9 Å². The van der Waals surface area contributed by atoms with Crippen molar-refractivity contribution in [1.82, 2.24) is 9.80 Å². The number of primary amides is 1. The second-order valence-corrected chi connectivity index (χ2v) is 8.90. The van der Waals surface area contributed by atoms with Crippen LogP contribution in [0.25, 0.3) is 0 Å². The van der Waals surface area contributed by atoms with Gasteiger partial charge in [0.25, 0.3) is 0 Å². The first-order valence-electron chi connectivity index (χ1n) is 10.4. The maximum atomic E-state index is 13.2. The third kappa shape index (κ3) is 3.64. The molecule has 1 aliphatic carbocycles. The van der Waals surface area contributed by atoms with E-state index in [-0.39, 0.29) is 23.5 Å². The number of nitrogens with two attached hydrogens (primary N) is 1. The number of carbonyl (C=O) groups is 2. The van der Waals surface area contributed by atoms with E-state index in [9.17, 15) is 9.59 Å². The van der Waals surface area contributed by atoms with Crippen molar-refractivity contribution in [2.75, 3.05) is 26.0 Å². The smallest absolute Gasteiger partial charge is 0.322 e. The van der Waals surface area contributed by atoms with Crippen LogP contribution in [0.4, 0.5) is 10.5 Å². The highest BCUT2D eigenvalue weighted by atomic mass is 16.2. The molecular weight excluding hydrogens is 390 g/mol. The fourth-order valence-electron chi connectivity index (χ4n) is 5.04. The number of likely N-dealkylation sites (tertiary alicyclic amines) is 1. The molecule has 3 amide bonds. The molecule has 7 heteroatoms. The van der Waals surface area contributed by atoms with E-state index in [0.717, 1.165) is 30.5 Å². The van der Waals surface area contributed by atoms with Gasteiger partial charge in [0, 0.05) is 24.3 Å². The number of nitrogens with one attached hydrogen (secondary N) is 1. The number of piperidine rings is 1. The summed E-state index contributed by atoms with van der Waals surface area (Å²) in [6.45, 7) is 3.16. The maximum Gasteiger partial charge on any atom is 0.322 e. The highest BCUT2D eigenvalue weighted by molar-refractivity contribution is 5.93. The fraction of sp³-hybridized carbons (Fsp3) is 0.375. The second-order valence-electron chi connectivity index (χ2n) is 8.90. The summed E-state index contributed by atoms with van der Waals surface area (Å²) in [5.74, 6) is -0.440. The summed E-state index contributed by atoms with van der Waals surface area (Å²) >= 11 is 0. The Morgan fingerprint density at radius 1 is 1.26 bits per heavy atom. The maximum absolute atomic E-state index is 13.2. The van der Waals surface area contributed by atoms with Crippen LogP contribution >= 0.6 is 0 Å². The van der Waals surface area contributed by atoms with E-state index in [2.05, 4.69) is 30.3 Å². The van der Waals surface area contributed by atoms with Crippen LogP contribution in [0.2, 0.25) is 0 Å². The molecule has 2 aliphatic rings. The molecule has 3 atom stereocenters. The lowest BCUT2D eigenvalue weighted by atomic mass is 9.63. The van der Waals surface area contributed by atoms with E-state index >= 15 is 0 Å². The normalized spacial score (nSPS) is 24.6. The van der Waals surface area contributed by atoms with Gasteiger partial charge in [-0.15, -0.1) is 0 Å². The number of carbonyl (C=O) groups excluding carboxylic acids is 2. The minimum atomic E-state index is -0.440. The fourth-order valence-corrected chi connectivity index (χ4v) is 5.04. The number of hydrogen-bond acceptors (Lipinski definition) is 4. The van der Waals surface area contributed by atoms with Crippen LogP contribution in [0.3, 0.4) is 0 Å². The van der Waals surface area contributed by atoms with E-state index in [1.807, 2.05) is 12.1 Å². The molecule has 2 aromatic carbocycles. The van der Waals surface area contributed by atoms with Gasteiger partial charge in [-0.3, -0.25) is 4.79 Å². The Hall–Kier alpha value is -3.37. The first-order valence-corrected chi connectivity index (χ1v) is 10.4. The third-order valence-electron chi connectivity index (χ3n) is 6.92. The molecule has 31 heavy (non-hydrogen) atoms. The Morgan fingerprint density at radius 2 is 1.97 bits per heavy atom. The van der Waals surface area contributed by atoms with Gasteiger partial charge in [-0.1, -0.05) is 13.0 Å². The zero-order chi connectivity index (χ0) is 22.3. The van der Waals surface area contributed by atoms with Crippen LogP contribution in [-0.4, -0.2) is 48.4 Å². The summed E-state index contributed by atoms with van der Waals surface area (Å²) in [5.41, 5.74) is 9.34. The zero-order valence-electron chi connectivity index (χ0n) is 18.1. The predicted molar refractivity (Wildman–Crippen MR) is 119 cm³/mol. The minimum Gasteiger partial charge on any atom is -0.366 e. The summed E-state index contributed by atoms with van der Waals surface area (Å²) in [4.78, 5) is 29.0. The van der Waals surface area contributed by atoms with Gasteiger partial charge in [-0.2, -0.15) is 5.26 Å². The number of nitrogens with zero attached hydrogens (tertiary/aromatic N) is 3. The molecule has 3 unspecified atom stereocenters. The summed E-state index contributed by atoms with van der Waals surface area (Å²) in [7, 11) is 3.91.